The average molecular weight is 549 g/mol. The van der Waals surface area contributed by atoms with Crippen molar-refractivity contribution in [2.75, 3.05) is 49.5 Å². The van der Waals surface area contributed by atoms with Gasteiger partial charge in [0.25, 0.3) is 0 Å². The molecule has 40 heavy (non-hydrogen) atoms. The quantitative estimate of drug-likeness (QED) is 0.432. The van der Waals surface area contributed by atoms with E-state index in [1.807, 2.05) is 44.3 Å². The molecule has 1 aliphatic heterocycles. The second-order valence-electron chi connectivity index (χ2n) is 12.3. The lowest BCUT2D eigenvalue weighted by molar-refractivity contribution is -0.160. The first kappa shape index (κ1) is 28.6. The highest BCUT2D eigenvalue weighted by Crippen LogP contribution is 2.59. The van der Waals surface area contributed by atoms with E-state index in [9.17, 15) is 19.8 Å². The van der Waals surface area contributed by atoms with Crippen molar-refractivity contribution in [2.24, 2.45) is 17.3 Å². The van der Waals surface area contributed by atoms with Gasteiger partial charge in [-0.15, -0.1) is 0 Å². The molecule has 0 bridgehead atoms. The number of phenols is 1. The summed E-state index contributed by atoms with van der Waals surface area (Å²) in [5.74, 6) is 1.45. The monoisotopic (exact) mass is 548 g/mol. The Balaban J connectivity index is 1.23. The maximum Gasteiger partial charge on any atom is 0.178 e. The van der Waals surface area contributed by atoms with Crippen LogP contribution in [0.4, 0.5) is 11.5 Å². The molecule has 5 rings (SSSR count). The number of aromatic hydroxyl groups is 1. The van der Waals surface area contributed by atoms with Crippen LogP contribution in [0.2, 0.25) is 0 Å². The number of aliphatic hydroxyl groups is 1. The van der Waals surface area contributed by atoms with Crippen LogP contribution in [-0.2, 0) is 16.0 Å². The third-order valence-electron chi connectivity index (χ3n) is 9.98. The molecule has 1 aromatic carbocycles. The van der Waals surface area contributed by atoms with Crippen molar-refractivity contribution < 1.29 is 19.8 Å². The van der Waals surface area contributed by atoms with Gasteiger partial charge in [-0.3, -0.25) is 14.5 Å². The van der Waals surface area contributed by atoms with Crippen LogP contribution in [-0.4, -0.2) is 76.5 Å². The van der Waals surface area contributed by atoms with E-state index in [1.54, 1.807) is 6.07 Å². The van der Waals surface area contributed by atoms with Gasteiger partial charge in [-0.2, -0.15) is 0 Å². The Labute approximate surface area is 237 Å². The molecule has 1 aromatic heterocycles. The lowest BCUT2D eigenvalue weighted by Gasteiger charge is -2.48. The number of aryl methyl sites for hydroxylation is 2. The number of piperazine rings is 1. The molecule has 3 N–H and O–H groups in total. The van der Waals surface area contributed by atoms with Crippen molar-refractivity contribution in [3.63, 3.8) is 0 Å². The molecule has 2 saturated carbocycles. The van der Waals surface area contributed by atoms with Crippen molar-refractivity contribution in [1.82, 2.24) is 9.88 Å². The van der Waals surface area contributed by atoms with Crippen LogP contribution >= 0.6 is 0 Å². The minimum Gasteiger partial charge on any atom is -0.508 e. The molecule has 3 fully saturated rings. The van der Waals surface area contributed by atoms with E-state index in [1.165, 1.54) is 0 Å². The summed E-state index contributed by atoms with van der Waals surface area (Å²) in [6.07, 6.45) is 5.34. The van der Waals surface area contributed by atoms with Gasteiger partial charge in [0.15, 0.2) is 11.6 Å². The number of nitrogens with zero attached hydrogens (tertiary/aromatic N) is 3. The molecule has 4 unspecified atom stereocenters. The van der Waals surface area contributed by atoms with Crippen LogP contribution in [0.15, 0.2) is 36.5 Å². The Bertz CT molecular complexity index is 1240. The van der Waals surface area contributed by atoms with Gasteiger partial charge in [0.2, 0.25) is 0 Å². The van der Waals surface area contributed by atoms with Gasteiger partial charge in [-0.05, 0) is 86.8 Å². The number of ketones is 2. The van der Waals surface area contributed by atoms with Gasteiger partial charge >= 0.3 is 0 Å². The van der Waals surface area contributed by atoms with Crippen LogP contribution in [0.1, 0.15) is 57.1 Å². The second-order valence-corrected chi connectivity index (χ2v) is 12.3. The summed E-state index contributed by atoms with van der Waals surface area (Å²) in [6, 6.07) is 9.40. The molecule has 0 spiro atoms. The SMILES string of the molecule is CCNc1cccnc1N1CCN(CC(=O)C2(O)CCC3C(CCc4cc(O)ccc4C)CC(=O)CC32C)CC1. The number of carbonyl (C=O) groups excluding carboxylic acids is 2. The summed E-state index contributed by atoms with van der Waals surface area (Å²) in [6.45, 7) is 10.1. The highest BCUT2D eigenvalue weighted by atomic mass is 16.3. The number of carbonyl (C=O) groups is 2. The molecule has 216 valence electrons. The first-order valence-corrected chi connectivity index (χ1v) is 14.9. The number of phenolic OH excluding ortho intramolecular Hbond substituents is 1. The molecular formula is C32H44N4O4. The van der Waals surface area contributed by atoms with Crippen molar-refractivity contribution in [2.45, 2.75) is 64.9 Å². The summed E-state index contributed by atoms with van der Waals surface area (Å²) >= 11 is 0. The largest absolute Gasteiger partial charge is 0.508 e. The third kappa shape index (κ3) is 5.36. The average Bonchev–Trinajstić information content (AvgIpc) is 3.21. The molecule has 3 aliphatic rings. The molecule has 2 aliphatic carbocycles. The molecule has 1 saturated heterocycles. The number of fused-ring (bicyclic) bond motifs is 1. The zero-order chi connectivity index (χ0) is 28.5. The van der Waals surface area contributed by atoms with E-state index in [2.05, 4.69) is 27.0 Å². The van der Waals surface area contributed by atoms with Crippen molar-refractivity contribution >= 4 is 23.1 Å². The zero-order valence-corrected chi connectivity index (χ0v) is 24.2. The van der Waals surface area contributed by atoms with Gasteiger partial charge in [-0.1, -0.05) is 13.0 Å². The maximum atomic E-state index is 13.8. The number of aromatic nitrogens is 1. The summed E-state index contributed by atoms with van der Waals surface area (Å²) in [5.41, 5.74) is 1.01. The molecule has 2 aromatic rings. The van der Waals surface area contributed by atoms with Crippen molar-refractivity contribution in [3.8, 4) is 5.75 Å². The predicted molar refractivity (Wildman–Crippen MR) is 157 cm³/mol. The van der Waals surface area contributed by atoms with Gasteiger partial charge in [-0.25, -0.2) is 4.98 Å². The van der Waals surface area contributed by atoms with E-state index in [4.69, 9.17) is 0 Å². The smallest absolute Gasteiger partial charge is 0.178 e. The van der Waals surface area contributed by atoms with E-state index < -0.39 is 11.0 Å². The summed E-state index contributed by atoms with van der Waals surface area (Å²) < 4.78 is 0. The van der Waals surface area contributed by atoms with Crippen LogP contribution in [0, 0.1) is 24.2 Å². The predicted octanol–water partition coefficient (Wildman–Crippen LogP) is 3.98. The molecular weight excluding hydrogens is 504 g/mol. The fourth-order valence-electron chi connectivity index (χ4n) is 7.68. The minimum atomic E-state index is -1.48. The van der Waals surface area contributed by atoms with E-state index >= 15 is 0 Å². The molecule has 0 amide bonds. The third-order valence-corrected chi connectivity index (χ3v) is 9.98. The number of anilines is 2. The van der Waals surface area contributed by atoms with E-state index in [0.29, 0.717) is 12.8 Å². The lowest BCUT2D eigenvalue weighted by atomic mass is 9.57. The Morgan fingerprint density at radius 1 is 1.20 bits per heavy atom. The highest BCUT2D eigenvalue weighted by molar-refractivity contribution is 5.92. The Kier molecular flexibility index (Phi) is 8.20. The van der Waals surface area contributed by atoms with Crippen LogP contribution in [0.5, 0.6) is 5.75 Å². The Hall–Kier alpha value is -2.97. The van der Waals surface area contributed by atoms with Gasteiger partial charge in [0, 0.05) is 57.2 Å². The minimum absolute atomic E-state index is 0.127. The number of hydrogen-bond donors (Lipinski definition) is 3. The van der Waals surface area contributed by atoms with Crippen LogP contribution < -0.4 is 10.2 Å². The Morgan fingerprint density at radius 2 is 1.98 bits per heavy atom. The van der Waals surface area contributed by atoms with Gasteiger partial charge < -0.3 is 20.4 Å². The van der Waals surface area contributed by atoms with E-state index in [-0.39, 0.29) is 42.1 Å². The van der Waals surface area contributed by atoms with Crippen molar-refractivity contribution in [1.29, 1.82) is 0 Å². The van der Waals surface area contributed by atoms with Crippen LogP contribution in [0.25, 0.3) is 0 Å². The normalized spacial score (nSPS) is 28.9. The summed E-state index contributed by atoms with van der Waals surface area (Å²) in [4.78, 5) is 35.8. The lowest BCUT2D eigenvalue weighted by Crippen LogP contribution is -2.58. The number of nitrogens with one attached hydrogen (secondary N) is 1. The molecule has 2 heterocycles. The molecule has 0 radical (unpaired) electrons. The first-order valence-electron chi connectivity index (χ1n) is 14.9. The molecule has 8 nitrogen and oxygen atoms in total. The van der Waals surface area contributed by atoms with E-state index in [0.717, 1.165) is 74.6 Å². The fourth-order valence-corrected chi connectivity index (χ4v) is 7.68. The molecule has 4 atom stereocenters. The maximum absolute atomic E-state index is 13.8. The zero-order valence-electron chi connectivity index (χ0n) is 24.2. The van der Waals surface area contributed by atoms with Gasteiger partial charge in [0.05, 0.1) is 12.2 Å². The van der Waals surface area contributed by atoms with Crippen LogP contribution in [0.3, 0.4) is 0 Å². The number of pyridine rings is 1. The summed E-state index contributed by atoms with van der Waals surface area (Å²) in [7, 11) is 0. The number of Topliss-reactive ketones (excluding diaryl/α,β-unsaturated/α-hetero) is 2. The number of benzene rings is 1. The first-order chi connectivity index (χ1) is 19.1. The topological polar surface area (TPSA) is 106 Å². The highest BCUT2D eigenvalue weighted by Gasteiger charge is 2.63. The Morgan fingerprint density at radius 3 is 2.73 bits per heavy atom. The summed E-state index contributed by atoms with van der Waals surface area (Å²) in [5, 5.41) is 25.3. The second kappa shape index (κ2) is 11.5. The fraction of sp³-hybridized carbons (Fsp3) is 0.594. The number of rotatable bonds is 9. The van der Waals surface area contributed by atoms with Gasteiger partial charge in [0.1, 0.15) is 17.1 Å². The number of hydrogen-bond acceptors (Lipinski definition) is 8. The standard InChI is InChI=1S/C32H44N4O4/c1-4-33-28-6-5-13-34-30(28)36-16-14-35(15-17-36)21-29(39)32(40)12-11-27-24(19-26(38)20-31(27,32)3)9-8-23-18-25(37)10-7-22(23)2/h5-7,10,13,18,24,27,33,37,40H,4,8-9,11-12,14-17,19-21H2,1-3H3. The molecule has 8 heteroatoms. The van der Waals surface area contributed by atoms with Crippen molar-refractivity contribution in [3.05, 3.63) is 47.7 Å².